The molecule has 3 nitrogen and oxygen atoms in total. The van der Waals surface area contributed by atoms with E-state index in [1.54, 1.807) is 6.07 Å². The number of benzene rings is 2. The number of fused-ring (bicyclic) bond motifs is 1. The van der Waals surface area contributed by atoms with Crippen molar-refractivity contribution in [2.75, 3.05) is 13.2 Å². The van der Waals surface area contributed by atoms with Crippen molar-refractivity contribution in [2.24, 2.45) is 0 Å². The van der Waals surface area contributed by atoms with Crippen LogP contribution < -0.4 is 0 Å². The Morgan fingerprint density at radius 2 is 1.70 bits per heavy atom. The molecular formula is C17H20O3. The molecule has 0 spiro atoms. The highest BCUT2D eigenvalue weighted by atomic mass is 16.5. The zero-order chi connectivity index (χ0) is 14.2. The fraction of sp³-hybridized carbons (Fsp3) is 0.353. The summed E-state index contributed by atoms with van der Waals surface area (Å²) in [5.41, 5.74) is 0.624. The molecule has 0 heterocycles. The molecule has 0 radical (unpaired) electrons. The van der Waals surface area contributed by atoms with Gasteiger partial charge in [-0.2, -0.15) is 0 Å². The highest BCUT2D eigenvalue weighted by Crippen LogP contribution is 2.19. The van der Waals surface area contributed by atoms with Crippen molar-refractivity contribution in [3.05, 3.63) is 48.0 Å². The zero-order valence-corrected chi connectivity index (χ0v) is 11.5. The average molecular weight is 272 g/mol. The van der Waals surface area contributed by atoms with E-state index in [0.29, 0.717) is 12.2 Å². The summed E-state index contributed by atoms with van der Waals surface area (Å²) in [5, 5.41) is 10.7. The molecule has 0 atom stereocenters. The summed E-state index contributed by atoms with van der Waals surface area (Å²) >= 11 is 0. The lowest BCUT2D eigenvalue weighted by Crippen LogP contribution is -2.07. The van der Waals surface area contributed by atoms with Gasteiger partial charge in [-0.25, -0.2) is 4.79 Å². The van der Waals surface area contributed by atoms with Gasteiger partial charge in [0.15, 0.2) is 0 Å². The van der Waals surface area contributed by atoms with Crippen LogP contribution in [0.15, 0.2) is 42.5 Å². The van der Waals surface area contributed by atoms with E-state index in [4.69, 9.17) is 9.84 Å². The van der Waals surface area contributed by atoms with Crippen LogP contribution in [0.3, 0.4) is 0 Å². The molecule has 0 bridgehead atoms. The van der Waals surface area contributed by atoms with Crippen molar-refractivity contribution < 1.29 is 14.6 Å². The minimum atomic E-state index is -0.260. The summed E-state index contributed by atoms with van der Waals surface area (Å²) in [4.78, 5) is 12.1. The largest absolute Gasteiger partial charge is 0.462 e. The fourth-order valence-electron chi connectivity index (χ4n) is 2.21. The maximum absolute atomic E-state index is 12.1. The number of rotatable bonds is 7. The van der Waals surface area contributed by atoms with E-state index in [2.05, 4.69) is 0 Å². The molecule has 0 aliphatic carbocycles. The standard InChI is InChI=1S/C17H20O3/c18-12-5-1-2-6-13-20-17(19)16-11-7-9-14-8-3-4-10-15(14)16/h3-4,7-11,18H,1-2,5-6,12-13H2. The van der Waals surface area contributed by atoms with E-state index in [9.17, 15) is 4.79 Å². The molecule has 2 aromatic carbocycles. The van der Waals surface area contributed by atoms with Gasteiger partial charge in [0, 0.05) is 6.61 Å². The third-order valence-corrected chi connectivity index (χ3v) is 3.30. The highest BCUT2D eigenvalue weighted by Gasteiger charge is 2.10. The number of aliphatic hydroxyl groups is 1. The number of carbonyl (C=O) groups is 1. The second-order valence-electron chi connectivity index (χ2n) is 4.80. The van der Waals surface area contributed by atoms with Gasteiger partial charge in [0.05, 0.1) is 12.2 Å². The Kier molecular flexibility index (Phi) is 5.56. The van der Waals surface area contributed by atoms with Crippen LogP contribution in [-0.4, -0.2) is 24.3 Å². The van der Waals surface area contributed by atoms with Crippen LogP contribution in [0.25, 0.3) is 10.8 Å². The SMILES string of the molecule is O=C(OCCCCCCO)c1cccc2ccccc12. The fourth-order valence-corrected chi connectivity index (χ4v) is 2.21. The van der Waals surface area contributed by atoms with Crippen LogP contribution in [0.2, 0.25) is 0 Å². The molecule has 0 saturated carbocycles. The summed E-state index contributed by atoms with van der Waals surface area (Å²) < 4.78 is 5.31. The number of aliphatic hydroxyl groups excluding tert-OH is 1. The third-order valence-electron chi connectivity index (χ3n) is 3.30. The maximum atomic E-state index is 12.1. The molecule has 0 fully saturated rings. The summed E-state index contributed by atoms with van der Waals surface area (Å²) in [7, 11) is 0. The Balaban J connectivity index is 1.91. The predicted octanol–water partition coefficient (Wildman–Crippen LogP) is 3.55. The minimum absolute atomic E-state index is 0.232. The minimum Gasteiger partial charge on any atom is -0.462 e. The van der Waals surface area contributed by atoms with Gasteiger partial charge >= 0.3 is 5.97 Å². The van der Waals surface area contributed by atoms with Gasteiger partial charge in [0.2, 0.25) is 0 Å². The lowest BCUT2D eigenvalue weighted by Gasteiger charge is -2.07. The second kappa shape index (κ2) is 7.65. The van der Waals surface area contributed by atoms with Gasteiger partial charge in [-0.05, 0) is 36.1 Å². The second-order valence-corrected chi connectivity index (χ2v) is 4.80. The first-order chi connectivity index (χ1) is 9.83. The van der Waals surface area contributed by atoms with Gasteiger partial charge in [-0.3, -0.25) is 0 Å². The third kappa shape index (κ3) is 3.81. The maximum Gasteiger partial charge on any atom is 0.338 e. The summed E-state index contributed by atoms with van der Waals surface area (Å²) in [5.74, 6) is -0.260. The van der Waals surface area contributed by atoms with E-state index in [0.717, 1.165) is 36.5 Å². The van der Waals surface area contributed by atoms with Crippen molar-refractivity contribution in [1.29, 1.82) is 0 Å². The molecule has 0 unspecified atom stereocenters. The first-order valence-corrected chi connectivity index (χ1v) is 7.08. The van der Waals surface area contributed by atoms with E-state index in [1.165, 1.54) is 0 Å². The number of hydrogen-bond acceptors (Lipinski definition) is 3. The van der Waals surface area contributed by atoms with Crippen molar-refractivity contribution >= 4 is 16.7 Å². The molecular weight excluding hydrogens is 252 g/mol. The van der Waals surface area contributed by atoms with Crippen LogP contribution in [-0.2, 0) is 4.74 Å². The first-order valence-electron chi connectivity index (χ1n) is 7.08. The summed E-state index contributed by atoms with van der Waals surface area (Å²) in [6.07, 6.45) is 3.61. The van der Waals surface area contributed by atoms with E-state index in [1.807, 2.05) is 36.4 Å². The van der Waals surface area contributed by atoms with Gasteiger partial charge in [0.25, 0.3) is 0 Å². The van der Waals surface area contributed by atoms with Crippen LogP contribution in [0.5, 0.6) is 0 Å². The molecule has 3 heteroatoms. The van der Waals surface area contributed by atoms with Gasteiger partial charge < -0.3 is 9.84 Å². The molecule has 0 amide bonds. The summed E-state index contributed by atoms with van der Waals surface area (Å²) in [6, 6.07) is 13.5. The average Bonchev–Trinajstić information content (AvgIpc) is 2.50. The lowest BCUT2D eigenvalue weighted by atomic mass is 10.0. The van der Waals surface area contributed by atoms with Crippen LogP contribution in [0.1, 0.15) is 36.0 Å². The Morgan fingerprint density at radius 1 is 0.950 bits per heavy atom. The Labute approximate surface area is 119 Å². The molecule has 2 aromatic rings. The van der Waals surface area contributed by atoms with E-state index in [-0.39, 0.29) is 12.6 Å². The molecule has 0 aliphatic heterocycles. The van der Waals surface area contributed by atoms with Gasteiger partial charge in [-0.1, -0.05) is 42.8 Å². The topological polar surface area (TPSA) is 46.5 Å². The number of hydrogen-bond donors (Lipinski definition) is 1. The Morgan fingerprint density at radius 3 is 2.55 bits per heavy atom. The van der Waals surface area contributed by atoms with Gasteiger partial charge in [-0.15, -0.1) is 0 Å². The highest BCUT2D eigenvalue weighted by molar-refractivity contribution is 6.04. The lowest BCUT2D eigenvalue weighted by molar-refractivity contribution is 0.0499. The monoisotopic (exact) mass is 272 g/mol. The number of unbranched alkanes of at least 4 members (excludes halogenated alkanes) is 3. The normalized spacial score (nSPS) is 10.7. The molecule has 0 aliphatic rings. The molecule has 106 valence electrons. The summed E-state index contributed by atoms with van der Waals surface area (Å²) in [6.45, 7) is 0.670. The molecule has 0 aromatic heterocycles. The van der Waals surface area contributed by atoms with Crippen molar-refractivity contribution in [3.8, 4) is 0 Å². The zero-order valence-electron chi connectivity index (χ0n) is 11.5. The van der Waals surface area contributed by atoms with Crippen LogP contribution in [0.4, 0.5) is 0 Å². The molecule has 20 heavy (non-hydrogen) atoms. The number of carbonyl (C=O) groups excluding carboxylic acids is 1. The van der Waals surface area contributed by atoms with Crippen molar-refractivity contribution in [3.63, 3.8) is 0 Å². The van der Waals surface area contributed by atoms with Crippen molar-refractivity contribution in [2.45, 2.75) is 25.7 Å². The van der Waals surface area contributed by atoms with E-state index >= 15 is 0 Å². The van der Waals surface area contributed by atoms with Crippen molar-refractivity contribution in [1.82, 2.24) is 0 Å². The van der Waals surface area contributed by atoms with Gasteiger partial charge in [0.1, 0.15) is 0 Å². The Bertz CT molecular complexity index is 558. The number of esters is 1. The molecule has 0 saturated heterocycles. The van der Waals surface area contributed by atoms with E-state index < -0.39 is 0 Å². The molecule has 2 rings (SSSR count). The smallest absolute Gasteiger partial charge is 0.338 e. The molecule has 1 N–H and O–H groups in total. The number of ether oxygens (including phenoxy) is 1. The van der Waals surface area contributed by atoms with Crippen LogP contribution >= 0.6 is 0 Å². The Hall–Kier alpha value is -1.87. The predicted molar refractivity (Wildman–Crippen MR) is 79.8 cm³/mol. The quantitative estimate of drug-likeness (QED) is 0.619. The van der Waals surface area contributed by atoms with Crippen LogP contribution in [0, 0.1) is 0 Å². The first kappa shape index (κ1) is 14.5.